The molecule has 0 amide bonds. The van der Waals surface area contributed by atoms with E-state index in [-0.39, 0.29) is 6.10 Å². The van der Waals surface area contributed by atoms with Crippen LogP contribution in [0.3, 0.4) is 0 Å². The maximum Gasteiger partial charge on any atom is 0.0930 e. The van der Waals surface area contributed by atoms with Gasteiger partial charge in [0.15, 0.2) is 0 Å². The second-order valence-electron chi connectivity index (χ2n) is 4.53. The molecular formula is C11H18O2. The van der Waals surface area contributed by atoms with Gasteiger partial charge in [0.05, 0.1) is 11.7 Å². The molecule has 1 aliphatic carbocycles. The molecule has 0 spiro atoms. The molecule has 2 heteroatoms. The smallest absolute Gasteiger partial charge is 0.0930 e. The summed E-state index contributed by atoms with van der Waals surface area (Å²) in [4.78, 5) is 0. The van der Waals surface area contributed by atoms with Crippen LogP contribution in [-0.4, -0.2) is 23.4 Å². The minimum atomic E-state index is -0.508. The van der Waals surface area contributed by atoms with Crippen LogP contribution in [0.1, 0.15) is 32.6 Å². The van der Waals surface area contributed by atoms with E-state index in [0.717, 1.165) is 32.3 Å². The van der Waals surface area contributed by atoms with Crippen molar-refractivity contribution in [3.63, 3.8) is 0 Å². The molecule has 2 fully saturated rings. The molecule has 3 atom stereocenters. The van der Waals surface area contributed by atoms with Crippen molar-refractivity contribution in [2.75, 3.05) is 6.61 Å². The third-order valence-electron chi connectivity index (χ3n) is 3.57. The van der Waals surface area contributed by atoms with Gasteiger partial charge in [0.25, 0.3) is 0 Å². The summed E-state index contributed by atoms with van der Waals surface area (Å²) in [5, 5.41) is 10.2. The Balaban J connectivity index is 2.06. The first-order chi connectivity index (χ1) is 6.12. The second kappa shape index (κ2) is 3.10. The molecule has 0 aromatic rings. The Morgan fingerprint density at radius 2 is 2.31 bits per heavy atom. The minimum Gasteiger partial charge on any atom is -0.387 e. The molecule has 0 aromatic carbocycles. The van der Waals surface area contributed by atoms with Crippen molar-refractivity contribution in [2.45, 2.75) is 44.3 Å². The van der Waals surface area contributed by atoms with Crippen LogP contribution < -0.4 is 0 Å². The van der Waals surface area contributed by atoms with Crippen LogP contribution in [0.2, 0.25) is 0 Å². The Bertz CT molecular complexity index is 224. The number of hydrogen-bond donors (Lipinski definition) is 1. The second-order valence-corrected chi connectivity index (χ2v) is 4.53. The van der Waals surface area contributed by atoms with Crippen LogP contribution in [0.5, 0.6) is 0 Å². The molecule has 2 nitrogen and oxygen atoms in total. The van der Waals surface area contributed by atoms with E-state index < -0.39 is 5.60 Å². The molecule has 1 N–H and O–H groups in total. The zero-order chi connectivity index (χ0) is 9.47. The Labute approximate surface area is 79.6 Å². The van der Waals surface area contributed by atoms with Crippen LogP contribution in [0, 0.1) is 5.92 Å². The molecule has 1 aliphatic heterocycles. The van der Waals surface area contributed by atoms with Crippen LogP contribution in [-0.2, 0) is 4.74 Å². The number of rotatable bonds is 1. The highest BCUT2D eigenvalue weighted by Crippen LogP contribution is 2.42. The van der Waals surface area contributed by atoms with E-state index in [1.807, 2.05) is 0 Å². The number of hydrogen-bond acceptors (Lipinski definition) is 2. The molecule has 2 rings (SSSR count). The largest absolute Gasteiger partial charge is 0.387 e. The van der Waals surface area contributed by atoms with Gasteiger partial charge in [0.2, 0.25) is 0 Å². The standard InChI is InChI=1S/C11H18O2/c1-8(2)9-3-4-11(12)5-6-13-10(11)7-9/h9-10,12H,1,3-7H2,2H3/t9-,10+,11+/m0/s1. The van der Waals surface area contributed by atoms with E-state index >= 15 is 0 Å². The van der Waals surface area contributed by atoms with Crippen LogP contribution in [0.15, 0.2) is 12.2 Å². The minimum absolute atomic E-state index is 0.0722. The molecule has 1 heterocycles. The summed E-state index contributed by atoms with van der Waals surface area (Å²) < 4.78 is 5.55. The first kappa shape index (κ1) is 9.22. The summed E-state index contributed by atoms with van der Waals surface area (Å²) in [7, 11) is 0. The highest BCUT2D eigenvalue weighted by atomic mass is 16.5. The van der Waals surface area contributed by atoms with E-state index in [4.69, 9.17) is 4.74 Å². The zero-order valence-electron chi connectivity index (χ0n) is 8.25. The Morgan fingerprint density at radius 1 is 1.54 bits per heavy atom. The Hall–Kier alpha value is -0.340. The third kappa shape index (κ3) is 1.53. The van der Waals surface area contributed by atoms with Gasteiger partial charge < -0.3 is 9.84 Å². The Kier molecular flexibility index (Phi) is 2.20. The monoisotopic (exact) mass is 182 g/mol. The van der Waals surface area contributed by atoms with Crippen molar-refractivity contribution < 1.29 is 9.84 Å². The van der Waals surface area contributed by atoms with Gasteiger partial charge in [-0.15, -0.1) is 0 Å². The van der Waals surface area contributed by atoms with Crippen molar-refractivity contribution in [2.24, 2.45) is 5.92 Å². The first-order valence-corrected chi connectivity index (χ1v) is 5.11. The summed E-state index contributed by atoms with van der Waals surface area (Å²) in [5.74, 6) is 0.559. The van der Waals surface area contributed by atoms with E-state index in [1.165, 1.54) is 5.57 Å². The van der Waals surface area contributed by atoms with Crippen molar-refractivity contribution in [1.29, 1.82) is 0 Å². The molecule has 13 heavy (non-hydrogen) atoms. The zero-order valence-corrected chi connectivity index (χ0v) is 8.25. The number of ether oxygens (including phenoxy) is 1. The van der Waals surface area contributed by atoms with Crippen molar-refractivity contribution >= 4 is 0 Å². The van der Waals surface area contributed by atoms with Gasteiger partial charge in [-0.25, -0.2) is 0 Å². The van der Waals surface area contributed by atoms with E-state index in [1.54, 1.807) is 0 Å². The molecular weight excluding hydrogens is 164 g/mol. The maximum atomic E-state index is 10.2. The SMILES string of the molecule is C=C(C)[C@H]1CC[C@@]2(O)CCO[C@@H]2C1. The molecule has 0 aromatic heterocycles. The quantitative estimate of drug-likeness (QED) is 0.627. The van der Waals surface area contributed by atoms with Gasteiger partial charge in [-0.1, -0.05) is 12.2 Å². The molecule has 74 valence electrons. The van der Waals surface area contributed by atoms with Gasteiger partial charge >= 0.3 is 0 Å². The maximum absolute atomic E-state index is 10.2. The third-order valence-corrected chi connectivity index (χ3v) is 3.57. The van der Waals surface area contributed by atoms with Gasteiger partial charge in [0, 0.05) is 13.0 Å². The predicted molar refractivity (Wildman–Crippen MR) is 51.5 cm³/mol. The summed E-state index contributed by atoms with van der Waals surface area (Å²) >= 11 is 0. The lowest BCUT2D eigenvalue weighted by molar-refractivity contribution is -0.0728. The fourth-order valence-corrected chi connectivity index (χ4v) is 2.52. The van der Waals surface area contributed by atoms with Crippen LogP contribution >= 0.6 is 0 Å². The predicted octanol–water partition coefficient (Wildman–Crippen LogP) is 1.88. The van der Waals surface area contributed by atoms with Crippen LogP contribution in [0.4, 0.5) is 0 Å². The fraction of sp³-hybridized carbons (Fsp3) is 0.818. The summed E-state index contributed by atoms with van der Waals surface area (Å²) in [6.07, 6.45) is 3.82. The lowest BCUT2D eigenvalue weighted by Crippen LogP contribution is -2.43. The summed E-state index contributed by atoms with van der Waals surface area (Å²) in [6.45, 7) is 6.78. The average molecular weight is 182 g/mol. The van der Waals surface area contributed by atoms with Gasteiger partial charge in [-0.2, -0.15) is 0 Å². The Morgan fingerprint density at radius 3 is 3.00 bits per heavy atom. The van der Waals surface area contributed by atoms with Crippen LogP contribution in [0.25, 0.3) is 0 Å². The molecule has 0 bridgehead atoms. The first-order valence-electron chi connectivity index (χ1n) is 5.11. The molecule has 2 aliphatic rings. The topological polar surface area (TPSA) is 29.5 Å². The van der Waals surface area contributed by atoms with Crippen molar-refractivity contribution in [1.82, 2.24) is 0 Å². The van der Waals surface area contributed by atoms with Crippen molar-refractivity contribution in [3.8, 4) is 0 Å². The van der Waals surface area contributed by atoms with Crippen molar-refractivity contribution in [3.05, 3.63) is 12.2 Å². The van der Waals surface area contributed by atoms with E-state index in [9.17, 15) is 5.11 Å². The molecule has 0 radical (unpaired) electrons. The molecule has 1 saturated heterocycles. The van der Waals surface area contributed by atoms with Gasteiger partial charge in [0.1, 0.15) is 0 Å². The normalized spacial score (nSPS) is 44.5. The lowest BCUT2D eigenvalue weighted by atomic mass is 9.74. The highest BCUT2D eigenvalue weighted by molar-refractivity contribution is 5.06. The lowest BCUT2D eigenvalue weighted by Gasteiger charge is -2.37. The summed E-state index contributed by atoms with van der Waals surface area (Å²) in [5.41, 5.74) is 0.726. The fourth-order valence-electron chi connectivity index (χ4n) is 2.52. The van der Waals surface area contributed by atoms with E-state index in [2.05, 4.69) is 13.5 Å². The molecule has 1 saturated carbocycles. The number of allylic oxidation sites excluding steroid dienone is 1. The average Bonchev–Trinajstić information content (AvgIpc) is 2.44. The highest BCUT2D eigenvalue weighted by Gasteiger charge is 2.46. The molecule has 0 unspecified atom stereocenters. The van der Waals surface area contributed by atoms with Gasteiger partial charge in [-0.3, -0.25) is 0 Å². The number of aliphatic hydroxyl groups is 1. The number of fused-ring (bicyclic) bond motifs is 1. The summed E-state index contributed by atoms with van der Waals surface area (Å²) in [6, 6.07) is 0. The van der Waals surface area contributed by atoms with E-state index in [0.29, 0.717) is 5.92 Å². The van der Waals surface area contributed by atoms with Gasteiger partial charge in [-0.05, 0) is 32.1 Å².